The highest BCUT2D eigenvalue weighted by molar-refractivity contribution is 9.10. The minimum Gasteiger partial charge on any atom is -0.453 e. The van der Waals surface area contributed by atoms with Crippen LogP contribution < -0.4 is 15.8 Å². The number of pyridine rings is 1. The number of hydrogen-bond donors (Lipinski definition) is 2. The van der Waals surface area contributed by atoms with Crippen molar-refractivity contribution in [2.75, 3.05) is 7.05 Å². The molecule has 30 heavy (non-hydrogen) atoms. The second-order valence-corrected chi connectivity index (χ2v) is 6.63. The maximum atomic E-state index is 9.70. The SMILES string of the molecule is C/C=C/C(N)=N\c1ncc(Br)cc1Oc1ccccc1.C/C=C/CC.CNC(C)=O. The predicted octanol–water partition coefficient (Wildman–Crippen LogP) is 5.93. The second kappa shape index (κ2) is 17.0. The molecule has 0 saturated carbocycles. The molecule has 0 aliphatic carbocycles. The fourth-order valence-corrected chi connectivity index (χ4v) is 2.06. The Bertz CT molecular complexity index is 834. The molecule has 6 nitrogen and oxygen atoms in total. The summed E-state index contributed by atoms with van der Waals surface area (Å²) in [6.45, 7) is 7.50. The van der Waals surface area contributed by atoms with Crippen LogP contribution in [0.3, 0.4) is 0 Å². The third kappa shape index (κ3) is 13.3. The molecule has 1 amide bonds. The van der Waals surface area contributed by atoms with Crippen LogP contribution in [0.25, 0.3) is 0 Å². The van der Waals surface area contributed by atoms with Crippen molar-refractivity contribution in [2.45, 2.75) is 34.1 Å². The highest BCUT2D eigenvalue weighted by Gasteiger charge is 2.07. The molecule has 1 aromatic heterocycles. The van der Waals surface area contributed by atoms with Crippen molar-refractivity contribution < 1.29 is 9.53 Å². The number of amides is 1. The van der Waals surface area contributed by atoms with Crippen molar-refractivity contribution in [2.24, 2.45) is 10.7 Å². The standard InChI is InChI=1S/C15H14BrN3O.C5H10.C3H7NO/c1-2-6-14(17)19-15-13(9-11(16)10-18-15)20-12-7-4-3-5-8-12;1-3-5-4-2;1-3(5)4-2/h2-10H,1H3,(H2,17,18,19);3,5H,4H2,1-2H3;1-2H3,(H,4,5)/b6-2+;5-3+;. The van der Waals surface area contributed by atoms with Gasteiger partial charge in [-0.05, 0) is 54.4 Å². The molecule has 0 saturated heterocycles. The monoisotopic (exact) mass is 474 g/mol. The van der Waals surface area contributed by atoms with Gasteiger partial charge in [-0.3, -0.25) is 4.79 Å². The second-order valence-electron chi connectivity index (χ2n) is 5.71. The first-order valence-corrected chi connectivity index (χ1v) is 10.3. The highest BCUT2D eigenvalue weighted by atomic mass is 79.9. The Hall–Kier alpha value is -2.93. The minimum atomic E-state index is 0.00463. The zero-order valence-electron chi connectivity index (χ0n) is 18.2. The number of amidine groups is 1. The number of halogens is 1. The van der Waals surface area contributed by atoms with Gasteiger partial charge in [-0.25, -0.2) is 9.98 Å². The lowest BCUT2D eigenvalue weighted by Crippen LogP contribution is -2.11. The molecule has 1 heterocycles. The lowest BCUT2D eigenvalue weighted by Gasteiger charge is -2.08. The highest BCUT2D eigenvalue weighted by Crippen LogP contribution is 2.32. The summed E-state index contributed by atoms with van der Waals surface area (Å²) in [7, 11) is 1.60. The van der Waals surface area contributed by atoms with Crippen molar-refractivity contribution in [1.29, 1.82) is 0 Å². The molecular formula is C23H31BrN4O2. The summed E-state index contributed by atoms with van der Waals surface area (Å²) in [6.07, 6.45) is 10.5. The van der Waals surface area contributed by atoms with Gasteiger partial charge < -0.3 is 15.8 Å². The third-order valence-corrected chi connectivity index (χ3v) is 3.60. The van der Waals surface area contributed by atoms with Gasteiger partial charge in [-0.15, -0.1) is 0 Å². The largest absolute Gasteiger partial charge is 0.453 e. The first-order chi connectivity index (χ1) is 14.4. The van der Waals surface area contributed by atoms with Crippen LogP contribution in [0, 0.1) is 0 Å². The topological polar surface area (TPSA) is 89.6 Å². The molecule has 0 radical (unpaired) electrons. The Morgan fingerprint density at radius 2 is 1.90 bits per heavy atom. The number of para-hydroxylation sites is 1. The smallest absolute Gasteiger partial charge is 0.216 e. The zero-order chi connectivity index (χ0) is 22.8. The maximum Gasteiger partial charge on any atom is 0.216 e. The fraction of sp³-hybridized carbons (Fsp3) is 0.261. The first kappa shape index (κ1) is 27.1. The number of ether oxygens (including phenoxy) is 1. The number of carbonyl (C=O) groups is 1. The number of allylic oxidation sites excluding steroid dienone is 3. The normalized spacial score (nSPS) is 10.7. The third-order valence-electron chi connectivity index (χ3n) is 3.17. The van der Waals surface area contributed by atoms with Gasteiger partial charge in [-0.1, -0.05) is 43.4 Å². The van der Waals surface area contributed by atoms with E-state index in [9.17, 15) is 4.79 Å². The summed E-state index contributed by atoms with van der Waals surface area (Å²) in [5.74, 6) is 2.07. The molecule has 0 atom stereocenters. The van der Waals surface area contributed by atoms with Crippen LogP contribution >= 0.6 is 15.9 Å². The number of aromatic nitrogens is 1. The van der Waals surface area contributed by atoms with E-state index in [1.54, 1.807) is 19.3 Å². The number of carbonyl (C=O) groups excluding carboxylic acids is 1. The van der Waals surface area contributed by atoms with Crippen molar-refractivity contribution in [1.82, 2.24) is 10.3 Å². The molecule has 0 aliphatic heterocycles. The average molecular weight is 475 g/mol. The average Bonchev–Trinajstić information content (AvgIpc) is 2.72. The molecular weight excluding hydrogens is 444 g/mol. The number of nitrogens with one attached hydrogen (secondary N) is 1. The van der Waals surface area contributed by atoms with E-state index >= 15 is 0 Å². The Balaban J connectivity index is 0.000000702. The molecule has 3 N–H and O–H groups in total. The zero-order valence-corrected chi connectivity index (χ0v) is 19.8. The number of nitrogens with zero attached hydrogens (tertiary/aromatic N) is 2. The number of nitrogens with two attached hydrogens (primary N) is 1. The summed E-state index contributed by atoms with van der Waals surface area (Å²) in [5.41, 5.74) is 5.77. The van der Waals surface area contributed by atoms with E-state index in [1.165, 1.54) is 6.92 Å². The van der Waals surface area contributed by atoms with Crippen LogP contribution in [0.5, 0.6) is 11.5 Å². The van der Waals surface area contributed by atoms with E-state index in [2.05, 4.69) is 50.3 Å². The molecule has 1 aromatic carbocycles. The number of aliphatic imine (C=N–C) groups is 1. The maximum absolute atomic E-state index is 9.70. The van der Waals surface area contributed by atoms with Gasteiger partial charge >= 0.3 is 0 Å². The molecule has 7 heteroatoms. The van der Waals surface area contributed by atoms with Crippen molar-refractivity contribution in [3.8, 4) is 11.5 Å². The van der Waals surface area contributed by atoms with Crippen LogP contribution in [0.4, 0.5) is 5.82 Å². The van der Waals surface area contributed by atoms with Gasteiger partial charge in [-0.2, -0.15) is 0 Å². The van der Waals surface area contributed by atoms with Crippen molar-refractivity contribution >= 4 is 33.5 Å². The van der Waals surface area contributed by atoms with Crippen LogP contribution in [0.2, 0.25) is 0 Å². The molecule has 0 fully saturated rings. The first-order valence-electron chi connectivity index (χ1n) is 9.52. The van der Waals surface area contributed by atoms with Gasteiger partial charge in [0.1, 0.15) is 11.6 Å². The Kier molecular flexibility index (Phi) is 15.3. The van der Waals surface area contributed by atoms with Crippen LogP contribution in [0.1, 0.15) is 34.1 Å². The molecule has 0 aliphatic rings. The lowest BCUT2D eigenvalue weighted by molar-refractivity contribution is -0.118. The van der Waals surface area contributed by atoms with E-state index in [0.717, 1.165) is 10.9 Å². The van der Waals surface area contributed by atoms with Crippen molar-refractivity contribution in [3.05, 3.63) is 71.4 Å². The van der Waals surface area contributed by atoms with Crippen LogP contribution in [-0.2, 0) is 4.79 Å². The van der Waals surface area contributed by atoms with Gasteiger partial charge in [0.25, 0.3) is 0 Å². The Morgan fingerprint density at radius 1 is 1.27 bits per heavy atom. The summed E-state index contributed by atoms with van der Waals surface area (Å²) >= 11 is 3.37. The van der Waals surface area contributed by atoms with E-state index in [1.807, 2.05) is 56.3 Å². The van der Waals surface area contributed by atoms with E-state index < -0.39 is 0 Å². The molecule has 2 rings (SSSR count). The fourth-order valence-electron chi connectivity index (χ4n) is 1.75. The molecule has 162 valence electrons. The summed E-state index contributed by atoms with van der Waals surface area (Å²) in [6, 6.07) is 11.3. The van der Waals surface area contributed by atoms with Crippen LogP contribution in [-0.4, -0.2) is 23.8 Å². The summed E-state index contributed by atoms with van der Waals surface area (Å²) in [4.78, 5) is 18.2. The molecule has 2 aromatic rings. The molecule has 0 unspecified atom stereocenters. The number of rotatable bonds is 5. The summed E-state index contributed by atoms with van der Waals surface area (Å²) < 4.78 is 6.60. The van der Waals surface area contributed by atoms with E-state index in [4.69, 9.17) is 10.5 Å². The minimum absolute atomic E-state index is 0.00463. The predicted molar refractivity (Wildman–Crippen MR) is 129 cm³/mol. The van der Waals surface area contributed by atoms with Crippen molar-refractivity contribution in [3.63, 3.8) is 0 Å². The Morgan fingerprint density at radius 3 is 2.37 bits per heavy atom. The quantitative estimate of drug-likeness (QED) is 0.319. The number of hydrogen-bond acceptors (Lipinski definition) is 4. The van der Waals surface area contributed by atoms with E-state index in [-0.39, 0.29) is 5.91 Å². The lowest BCUT2D eigenvalue weighted by atomic mass is 10.3. The summed E-state index contributed by atoms with van der Waals surface area (Å²) in [5, 5.41) is 2.39. The Labute approximate surface area is 188 Å². The molecule has 0 spiro atoms. The van der Waals surface area contributed by atoms with Gasteiger partial charge in [0.15, 0.2) is 11.6 Å². The van der Waals surface area contributed by atoms with Gasteiger partial charge in [0.2, 0.25) is 5.91 Å². The number of benzene rings is 1. The van der Waals surface area contributed by atoms with Gasteiger partial charge in [0, 0.05) is 30.7 Å². The molecule has 0 bridgehead atoms. The van der Waals surface area contributed by atoms with Gasteiger partial charge in [0.05, 0.1) is 0 Å². The van der Waals surface area contributed by atoms with Crippen LogP contribution in [0.15, 0.2) is 76.4 Å². The van der Waals surface area contributed by atoms with E-state index in [0.29, 0.717) is 23.2 Å².